The number of anilines is 1. The van der Waals surface area contributed by atoms with Crippen LogP contribution in [0.25, 0.3) is 0 Å². The number of amides is 1. The van der Waals surface area contributed by atoms with Crippen molar-refractivity contribution < 1.29 is 9.72 Å². The lowest BCUT2D eigenvalue weighted by Crippen LogP contribution is -2.18. The smallest absolute Gasteiger partial charge is 0.271 e. The minimum atomic E-state index is -0.629. The molecule has 0 aromatic heterocycles. The van der Waals surface area contributed by atoms with Gasteiger partial charge >= 0.3 is 0 Å². The van der Waals surface area contributed by atoms with Crippen LogP contribution < -0.4 is 10.6 Å². The van der Waals surface area contributed by atoms with Gasteiger partial charge in [-0.3, -0.25) is 14.9 Å². The molecule has 0 aliphatic heterocycles. The van der Waals surface area contributed by atoms with Crippen molar-refractivity contribution in [1.82, 2.24) is 5.32 Å². The van der Waals surface area contributed by atoms with Crippen LogP contribution in [0, 0.1) is 28.4 Å². The molecule has 2 aromatic carbocycles. The van der Waals surface area contributed by atoms with Crippen molar-refractivity contribution in [3.05, 3.63) is 81.5 Å². The molecule has 0 saturated heterocycles. The fourth-order valence-corrected chi connectivity index (χ4v) is 2.30. The molecule has 0 aliphatic rings. The van der Waals surface area contributed by atoms with E-state index in [1.54, 1.807) is 0 Å². The van der Waals surface area contributed by atoms with E-state index in [1.807, 2.05) is 31.2 Å². The monoisotopic (exact) mass is 350 g/mol. The summed E-state index contributed by atoms with van der Waals surface area (Å²) in [5.41, 5.74) is 2.34. The average molecular weight is 350 g/mol. The zero-order valence-electron chi connectivity index (χ0n) is 14.2. The number of non-ortho nitro benzene ring substituents is 1. The van der Waals surface area contributed by atoms with E-state index in [2.05, 4.69) is 16.7 Å². The summed E-state index contributed by atoms with van der Waals surface area (Å²) >= 11 is 0. The minimum Gasteiger partial charge on any atom is -0.389 e. The van der Waals surface area contributed by atoms with Gasteiger partial charge in [0.05, 0.1) is 4.92 Å². The molecule has 2 N–H and O–H groups in total. The summed E-state index contributed by atoms with van der Waals surface area (Å²) < 4.78 is 0. The lowest BCUT2D eigenvalue weighted by Gasteiger charge is -2.06. The number of nitrogens with zero attached hydrogens (tertiary/aromatic N) is 2. The first-order valence-corrected chi connectivity index (χ1v) is 7.94. The van der Waals surface area contributed by atoms with Gasteiger partial charge in [0.1, 0.15) is 11.6 Å². The molecule has 0 radical (unpaired) electrons. The molecule has 0 fully saturated rings. The van der Waals surface area contributed by atoms with Crippen molar-refractivity contribution in [1.29, 1.82) is 5.26 Å². The van der Waals surface area contributed by atoms with Crippen molar-refractivity contribution in [3.63, 3.8) is 0 Å². The molecule has 0 bridgehead atoms. The highest BCUT2D eigenvalue weighted by molar-refractivity contribution is 6.06. The Labute approximate surface area is 151 Å². The van der Waals surface area contributed by atoms with Gasteiger partial charge in [-0.1, -0.05) is 35.9 Å². The van der Waals surface area contributed by atoms with Crippen LogP contribution in [0.3, 0.4) is 0 Å². The Hall–Kier alpha value is -3.66. The Morgan fingerprint density at radius 1 is 1.27 bits per heavy atom. The molecule has 0 aliphatic carbocycles. The number of nitro benzene ring substituents is 1. The maximum Gasteiger partial charge on any atom is 0.271 e. The van der Waals surface area contributed by atoms with Gasteiger partial charge in [0.2, 0.25) is 0 Å². The van der Waals surface area contributed by atoms with Gasteiger partial charge in [0, 0.05) is 30.6 Å². The van der Waals surface area contributed by atoms with Crippen LogP contribution in [0.1, 0.15) is 11.1 Å². The molecular weight excluding hydrogens is 332 g/mol. The van der Waals surface area contributed by atoms with Crippen molar-refractivity contribution in [3.8, 4) is 6.07 Å². The molecule has 0 atom stereocenters. The molecule has 2 rings (SSSR count). The summed E-state index contributed by atoms with van der Waals surface area (Å²) in [6.07, 6.45) is 2.10. The number of benzene rings is 2. The number of nitro groups is 1. The van der Waals surface area contributed by atoms with Crippen molar-refractivity contribution in [2.45, 2.75) is 13.3 Å². The number of rotatable bonds is 7. The maximum absolute atomic E-state index is 12.1. The lowest BCUT2D eigenvalue weighted by atomic mass is 10.1. The highest BCUT2D eigenvalue weighted by atomic mass is 16.6. The third kappa shape index (κ3) is 5.46. The van der Waals surface area contributed by atoms with Crippen molar-refractivity contribution >= 4 is 17.3 Å². The molecule has 26 heavy (non-hydrogen) atoms. The molecule has 1 amide bonds. The van der Waals surface area contributed by atoms with Gasteiger partial charge in [-0.05, 0) is 25.0 Å². The van der Waals surface area contributed by atoms with E-state index in [0.717, 1.165) is 12.0 Å². The largest absolute Gasteiger partial charge is 0.389 e. The topological polar surface area (TPSA) is 108 Å². The number of hydrogen-bond donors (Lipinski definition) is 2. The number of nitrogens with one attached hydrogen (secondary N) is 2. The Balaban J connectivity index is 1.93. The number of carbonyl (C=O) groups is 1. The van der Waals surface area contributed by atoms with Crippen LogP contribution in [0.15, 0.2) is 60.3 Å². The molecule has 0 heterocycles. The predicted molar refractivity (Wildman–Crippen MR) is 98.3 cm³/mol. The Morgan fingerprint density at radius 3 is 2.73 bits per heavy atom. The normalized spacial score (nSPS) is 10.7. The van der Waals surface area contributed by atoms with Gasteiger partial charge < -0.3 is 10.6 Å². The molecule has 2 aromatic rings. The number of carbonyl (C=O) groups excluding carboxylic acids is 1. The molecule has 132 valence electrons. The zero-order valence-corrected chi connectivity index (χ0v) is 14.2. The van der Waals surface area contributed by atoms with Gasteiger partial charge in [-0.25, -0.2) is 0 Å². The molecule has 7 nitrogen and oxygen atoms in total. The molecule has 0 saturated carbocycles. The second-order valence-corrected chi connectivity index (χ2v) is 5.62. The highest BCUT2D eigenvalue weighted by Gasteiger charge is 2.11. The Bertz CT molecular complexity index is 884. The molecule has 0 spiro atoms. The van der Waals surface area contributed by atoms with E-state index in [-0.39, 0.29) is 16.9 Å². The SMILES string of the molecule is Cc1cccc(CCN/C=C(/C#N)C(=O)Nc2cccc([N+](=O)[O-])c2)c1. The Kier molecular flexibility index (Phi) is 6.46. The van der Waals surface area contributed by atoms with Crippen LogP contribution in [0.2, 0.25) is 0 Å². The summed E-state index contributed by atoms with van der Waals surface area (Å²) in [7, 11) is 0. The standard InChI is InChI=1S/C19H18N4O3/c1-14-4-2-5-15(10-14)8-9-21-13-16(12-20)19(24)22-17-6-3-7-18(11-17)23(25)26/h2-7,10-11,13,21H,8-9H2,1H3,(H,22,24)/b16-13-. The Morgan fingerprint density at radius 2 is 2.04 bits per heavy atom. The van der Waals surface area contributed by atoms with Crippen molar-refractivity contribution in [2.75, 3.05) is 11.9 Å². The summed E-state index contributed by atoms with van der Waals surface area (Å²) in [4.78, 5) is 22.3. The highest BCUT2D eigenvalue weighted by Crippen LogP contribution is 2.17. The zero-order chi connectivity index (χ0) is 18.9. The fraction of sp³-hybridized carbons (Fsp3) is 0.158. The molecular formula is C19H18N4O3. The maximum atomic E-state index is 12.1. The van der Waals surface area contributed by atoms with E-state index in [4.69, 9.17) is 5.26 Å². The third-order valence-electron chi connectivity index (χ3n) is 3.57. The van der Waals surface area contributed by atoms with E-state index in [1.165, 1.54) is 36.0 Å². The van der Waals surface area contributed by atoms with Crippen LogP contribution in [0.4, 0.5) is 11.4 Å². The minimum absolute atomic E-state index is 0.110. The third-order valence-corrected chi connectivity index (χ3v) is 3.57. The summed E-state index contributed by atoms with van der Waals surface area (Å²) in [5.74, 6) is -0.629. The first-order valence-electron chi connectivity index (χ1n) is 7.94. The van der Waals surface area contributed by atoms with Crippen molar-refractivity contribution in [2.24, 2.45) is 0 Å². The second-order valence-electron chi connectivity index (χ2n) is 5.62. The van der Waals surface area contributed by atoms with Gasteiger partial charge in [0.15, 0.2) is 0 Å². The van der Waals surface area contributed by atoms with Crippen LogP contribution in [-0.4, -0.2) is 17.4 Å². The number of aryl methyl sites for hydroxylation is 1. The number of nitriles is 1. The fourth-order valence-electron chi connectivity index (χ4n) is 2.30. The van der Waals surface area contributed by atoms with Gasteiger partial charge in [-0.2, -0.15) is 5.26 Å². The second kappa shape index (κ2) is 8.99. The van der Waals surface area contributed by atoms with Gasteiger partial charge in [-0.15, -0.1) is 0 Å². The first-order chi connectivity index (χ1) is 12.5. The van der Waals surface area contributed by atoms with E-state index in [0.29, 0.717) is 6.54 Å². The lowest BCUT2D eigenvalue weighted by molar-refractivity contribution is -0.384. The quantitative estimate of drug-likeness (QED) is 0.262. The predicted octanol–water partition coefficient (Wildman–Crippen LogP) is 3.08. The van der Waals surface area contributed by atoms with Crippen LogP contribution >= 0.6 is 0 Å². The average Bonchev–Trinajstić information content (AvgIpc) is 2.62. The summed E-state index contributed by atoms with van der Waals surface area (Å²) in [6, 6.07) is 15.4. The van der Waals surface area contributed by atoms with E-state index in [9.17, 15) is 14.9 Å². The molecule has 7 heteroatoms. The summed E-state index contributed by atoms with van der Waals surface area (Å²) in [6.45, 7) is 2.58. The van der Waals surface area contributed by atoms with Gasteiger partial charge in [0.25, 0.3) is 11.6 Å². The first kappa shape index (κ1) is 18.7. The molecule has 0 unspecified atom stereocenters. The van der Waals surface area contributed by atoms with Crippen LogP contribution in [0.5, 0.6) is 0 Å². The number of hydrogen-bond acceptors (Lipinski definition) is 5. The van der Waals surface area contributed by atoms with E-state index >= 15 is 0 Å². The van der Waals surface area contributed by atoms with E-state index < -0.39 is 10.8 Å². The summed E-state index contributed by atoms with van der Waals surface area (Å²) in [5, 5.41) is 25.3. The van der Waals surface area contributed by atoms with Crippen LogP contribution in [-0.2, 0) is 11.2 Å².